The van der Waals surface area contributed by atoms with Gasteiger partial charge in [0.15, 0.2) is 0 Å². The highest BCUT2D eigenvalue weighted by atomic mass is 32.1. The van der Waals surface area contributed by atoms with Crippen molar-refractivity contribution in [3.05, 3.63) is 34.7 Å². The van der Waals surface area contributed by atoms with E-state index in [-0.39, 0.29) is 16.9 Å². The largest absolute Gasteiger partial charge is 0.384 e. The molecular formula is C21H25FN6O3S. The third-order valence-electron chi connectivity index (χ3n) is 5.97. The molecular weight excluding hydrogens is 435 g/mol. The number of hydrogen-bond donors (Lipinski definition) is 2. The van der Waals surface area contributed by atoms with Crippen LogP contribution in [-0.2, 0) is 16.8 Å². The summed E-state index contributed by atoms with van der Waals surface area (Å²) in [7, 11) is 0. The number of aromatic nitrogens is 4. The van der Waals surface area contributed by atoms with Crippen LogP contribution >= 0.6 is 11.3 Å². The van der Waals surface area contributed by atoms with Gasteiger partial charge in [0.05, 0.1) is 17.1 Å². The van der Waals surface area contributed by atoms with Crippen molar-refractivity contribution in [3.8, 4) is 0 Å². The summed E-state index contributed by atoms with van der Waals surface area (Å²) in [4.78, 5) is 26.4. The number of carbonyl (C=O) groups excluding carboxylic acids is 2. The quantitative estimate of drug-likeness (QED) is 0.605. The summed E-state index contributed by atoms with van der Waals surface area (Å²) in [6.07, 6.45) is 1.80. The molecule has 0 spiro atoms. The number of halogens is 1. The van der Waals surface area contributed by atoms with E-state index in [1.165, 1.54) is 30.5 Å². The fourth-order valence-corrected chi connectivity index (χ4v) is 4.84. The van der Waals surface area contributed by atoms with Crippen molar-refractivity contribution in [3.63, 3.8) is 0 Å². The molecule has 0 saturated carbocycles. The van der Waals surface area contributed by atoms with Gasteiger partial charge in [0.1, 0.15) is 16.9 Å². The molecule has 1 atom stereocenters. The fourth-order valence-electron chi connectivity index (χ4n) is 3.90. The number of fused-ring (bicyclic) bond motifs is 1. The molecule has 4 rings (SSSR count). The number of carbonyl (C=O) groups is 2. The van der Waals surface area contributed by atoms with E-state index < -0.39 is 17.8 Å². The lowest BCUT2D eigenvalue weighted by molar-refractivity contribution is -0.140. The predicted octanol–water partition coefficient (Wildman–Crippen LogP) is 2.56. The molecule has 9 nitrogen and oxygen atoms in total. The maximum absolute atomic E-state index is 14.4. The smallest absolute Gasteiger partial charge is 0.257 e. The van der Waals surface area contributed by atoms with E-state index in [0.717, 1.165) is 5.01 Å². The van der Waals surface area contributed by atoms with Crippen LogP contribution in [0.2, 0.25) is 0 Å². The van der Waals surface area contributed by atoms with Crippen LogP contribution in [0.25, 0.3) is 10.9 Å². The first kappa shape index (κ1) is 22.3. The zero-order valence-corrected chi connectivity index (χ0v) is 18.9. The third kappa shape index (κ3) is 4.09. The number of amides is 2. The van der Waals surface area contributed by atoms with E-state index in [1.807, 2.05) is 6.92 Å². The number of anilines is 1. The molecule has 170 valence electrons. The molecule has 0 bridgehead atoms. The Labute approximate surface area is 188 Å². The fraction of sp³-hybridized carbons (Fsp3) is 0.476. The summed E-state index contributed by atoms with van der Waals surface area (Å²) < 4.78 is 16.1. The van der Waals surface area contributed by atoms with Gasteiger partial charge in [0, 0.05) is 30.6 Å². The summed E-state index contributed by atoms with van der Waals surface area (Å²) >= 11 is 1.28. The van der Waals surface area contributed by atoms with Crippen molar-refractivity contribution in [1.82, 2.24) is 24.9 Å². The third-order valence-corrected chi connectivity index (χ3v) is 7.12. The number of rotatable bonds is 5. The minimum atomic E-state index is -1.01. The molecule has 11 heteroatoms. The van der Waals surface area contributed by atoms with Crippen LogP contribution in [0.3, 0.4) is 0 Å². The van der Waals surface area contributed by atoms with Crippen LogP contribution in [0.1, 0.15) is 49.0 Å². The second-order valence-corrected chi connectivity index (χ2v) is 9.26. The van der Waals surface area contributed by atoms with Gasteiger partial charge in [-0.3, -0.25) is 19.6 Å². The van der Waals surface area contributed by atoms with Crippen LogP contribution in [0.5, 0.6) is 0 Å². The molecule has 32 heavy (non-hydrogen) atoms. The summed E-state index contributed by atoms with van der Waals surface area (Å²) in [5, 5.41) is 26.2. The lowest BCUT2D eigenvalue weighted by Gasteiger charge is -2.38. The predicted molar refractivity (Wildman–Crippen MR) is 118 cm³/mol. The number of benzene rings is 1. The van der Waals surface area contributed by atoms with E-state index >= 15 is 0 Å². The van der Waals surface area contributed by atoms with E-state index in [4.69, 9.17) is 0 Å². The van der Waals surface area contributed by atoms with Gasteiger partial charge >= 0.3 is 0 Å². The van der Waals surface area contributed by atoms with E-state index in [1.54, 1.807) is 15.6 Å². The van der Waals surface area contributed by atoms with Gasteiger partial charge in [-0.1, -0.05) is 18.3 Å². The van der Waals surface area contributed by atoms with Gasteiger partial charge < -0.3 is 10.0 Å². The van der Waals surface area contributed by atoms with Gasteiger partial charge in [-0.15, -0.1) is 10.2 Å². The molecule has 3 heterocycles. The molecule has 2 N–H and O–H groups in total. The number of nitrogens with zero attached hydrogens (tertiary/aromatic N) is 5. The van der Waals surface area contributed by atoms with E-state index in [0.29, 0.717) is 48.5 Å². The Hall–Kier alpha value is -2.92. The normalized spacial score (nSPS) is 16.8. The van der Waals surface area contributed by atoms with Crippen LogP contribution in [0.4, 0.5) is 9.52 Å². The lowest BCUT2D eigenvalue weighted by Crippen LogP contribution is -2.46. The van der Waals surface area contributed by atoms with Crippen molar-refractivity contribution in [2.75, 3.05) is 18.4 Å². The van der Waals surface area contributed by atoms with Crippen LogP contribution in [0.15, 0.2) is 18.3 Å². The first-order valence-corrected chi connectivity index (χ1v) is 11.3. The first-order valence-electron chi connectivity index (χ1n) is 10.5. The number of likely N-dealkylation sites (tertiary alicyclic amines) is 1. The van der Waals surface area contributed by atoms with Crippen LogP contribution in [0, 0.1) is 5.82 Å². The Kier molecular flexibility index (Phi) is 5.95. The molecule has 2 amide bonds. The Morgan fingerprint density at radius 1 is 1.31 bits per heavy atom. The van der Waals surface area contributed by atoms with Crippen molar-refractivity contribution in [2.24, 2.45) is 0 Å². The Balaban J connectivity index is 1.47. The van der Waals surface area contributed by atoms with Gasteiger partial charge in [-0.2, -0.15) is 5.10 Å². The Morgan fingerprint density at radius 2 is 2.03 bits per heavy atom. The zero-order chi connectivity index (χ0) is 23.0. The molecule has 2 aromatic heterocycles. The second-order valence-electron chi connectivity index (χ2n) is 8.28. The molecule has 0 radical (unpaired) electrons. The number of hydrogen-bond acceptors (Lipinski definition) is 7. The number of aliphatic hydroxyl groups is 1. The number of nitrogens with one attached hydrogen (secondary N) is 1. The summed E-state index contributed by atoms with van der Waals surface area (Å²) in [5.74, 6) is -1.25. The average Bonchev–Trinajstić information content (AvgIpc) is 3.41. The summed E-state index contributed by atoms with van der Waals surface area (Å²) in [5.41, 5.74) is 0.453. The minimum Gasteiger partial charge on any atom is -0.384 e. The molecule has 1 saturated heterocycles. The van der Waals surface area contributed by atoms with Gasteiger partial charge in [-0.05, 0) is 38.8 Å². The maximum atomic E-state index is 14.4. The zero-order valence-electron chi connectivity index (χ0n) is 18.1. The highest BCUT2D eigenvalue weighted by molar-refractivity contribution is 7.15. The number of aliphatic hydroxyl groups excluding tert-OH is 1. The van der Waals surface area contributed by atoms with Crippen LogP contribution < -0.4 is 5.32 Å². The second kappa shape index (κ2) is 8.55. The molecule has 0 aliphatic carbocycles. The molecule has 1 fully saturated rings. The van der Waals surface area contributed by atoms with Crippen molar-refractivity contribution >= 4 is 39.2 Å². The SMILES string of the molecule is CCn1ncc2c(F)cc(C(=O)Nc3nnc(C4(C)CCN(C(=O)C(C)O)CC4)s3)cc21. The Morgan fingerprint density at radius 3 is 2.69 bits per heavy atom. The molecule has 3 aromatic rings. The van der Waals surface area contributed by atoms with E-state index in [2.05, 4.69) is 27.5 Å². The maximum Gasteiger partial charge on any atom is 0.257 e. The molecule has 1 unspecified atom stereocenters. The van der Waals surface area contributed by atoms with Gasteiger partial charge in [0.2, 0.25) is 5.13 Å². The standard InChI is InChI=1S/C21H25FN6O3S/c1-4-28-16-10-13(9-15(22)14(16)11-23-28)17(30)24-20-26-25-19(32-20)21(3)5-7-27(8-6-21)18(31)12(2)29/h9-12,29H,4-8H2,1-3H3,(H,24,26,30). The minimum absolute atomic E-state index is 0.179. The topological polar surface area (TPSA) is 113 Å². The highest BCUT2D eigenvalue weighted by Gasteiger charge is 2.37. The molecule has 1 aliphatic heterocycles. The first-order chi connectivity index (χ1) is 15.2. The van der Waals surface area contributed by atoms with Crippen molar-refractivity contribution < 1.29 is 19.1 Å². The molecule has 1 aromatic carbocycles. The lowest BCUT2D eigenvalue weighted by atomic mass is 9.81. The number of piperidine rings is 1. The van der Waals surface area contributed by atoms with Crippen LogP contribution in [-0.4, -0.2) is 61.0 Å². The van der Waals surface area contributed by atoms with Gasteiger partial charge in [0.25, 0.3) is 11.8 Å². The number of aryl methyl sites for hydroxylation is 1. The average molecular weight is 461 g/mol. The monoisotopic (exact) mass is 460 g/mol. The van der Waals surface area contributed by atoms with E-state index in [9.17, 15) is 19.1 Å². The highest BCUT2D eigenvalue weighted by Crippen LogP contribution is 2.38. The van der Waals surface area contributed by atoms with Crippen molar-refractivity contribution in [2.45, 2.75) is 51.7 Å². The summed E-state index contributed by atoms with van der Waals surface area (Å²) in [6, 6.07) is 2.81. The Bertz CT molecular complexity index is 1170. The molecule has 1 aliphatic rings. The van der Waals surface area contributed by atoms with Gasteiger partial charge in [-0.25, -0.2) is 4.39 Å². The summed E-state index contributed by atoms with van der Waals surface area (Å²) in [6.45, 7) is 7.02. The van der Waals surface area contributed by atoms with Crippen molar-refractivity contribution in [1.29, 1.82) is 0 Å².